The van der Waals surface area contributed by atoms with Gasteiger partial charge in [-0.15, -0.1) is 13.2 Å². The van der Waals surface area contributed by atoms with Gasteiger partial charge in [-0.3, -0.25) is 0 Å². The Hall–Kier alpha value is -2.29. The van der Waals surface area contributed by atoms with E-state index in [1.807, 2.05) is 0 Å². The minimum absolute atomic E-state index is 0.00690. The lowest BCUT2D eigenvalue weighted by Gasteiger charge is -2.12. The van der Waals surface area contributed by atoms with Gasteiger partial charge in [0.05, 0.1) is 12.3 Å². The van der Waals surface area contributed by atoms with Crippen LogP contribution in [0.3, 0.4) is 0 Å². The van der Waals surface area contributed by atoms with Crippen LogP contribution in [0, 0.1) is 0 Å². The Labute approximate surface area is 126 Å². The van der Waals surface area contributed by atoms with Crippen molar-refractivity contribution >= 4 is 0 Å². The number of benzene rings is 1. The summed E-state index contributed by atoms with van der Waals surface area (Å²) in [5.41, 5.74) is -1.55. The molecule has 0 aliphatic carbocycles. The van der Waals surface area contributed by atoms with Crippen LogP contribution in [-0.2, 0) is 12.8 Å². The minimum Gasteiger partial charge on any atom is -0.406 e. The van der Waals surface area contributed by atoms with Gasteiger partial charge in [-0.25, -0.2) is 4.98 Å². The molecule has 0 saturated carbocycles. The third-order valence-electron chi connectivity index (χ3n) is 2.72. The van der Waals surface area contributed by atoms with Crippen LogP contribution in [0.2, 0.25) is 0 Å². The largest absolute Gasteiger partial charge is 0.573 e. The van der Waals surface area contributed by atoms with Crippen LogP contribution in [-0.4, -0.2) is 16.5 Å². The molecule has 1 heterocycles. The van der Waals surface area contributed by atoms with E-state index in [0.29, 0.717) is 6.07 Å². The number of aromatic nitrogens is 1. The van der Waals surface area contributed by atoms with Crippen LogP contribution in [0.15, 0.2) is 36.4 Å². The van der Waals surface area contributed by atoms with E-state index in [9.17, 15) is 26.3 Å². The molecule has 0 bridgehead atoms. The van der Waals surface area contributed by atoms with Gasteiger partial charge in [0.2, 0.25) is 0 Å². The average molecular weight is 337 g/mol. The first kappa shape index (κ1) is 17.1. The number of nitrogens with zero attached hydrogens (tertiary/aromatic N) is 1. The fraction of sp³-hybridized carbons (Fsp3) is 0.214. The highest BCUT2D eigenvalue weighted by molar-refractivity contribution is 5.62. The first-order valence-electron chi connectivity index (χ1n) is 6.14. The highest BCUT2D eigenvalue weighted by Gasteiger charge is 2.33. The maximum Gasteiger partial charge on any atom is 0.573 e. The van der Waals surface area contributed by atoms with Gasteiger partial charge in [-0.05, 0) is 29.8 Å². The van der Waals surface area contributed by atoms with Gasteiger partial charge >= 0.3 is 12.5 Å². The molecule has 1 aromatic heterocycles. The summed E-state index contributed by atoms with van der Waals surface area (Å²) in [7, 11) is 0. The third-order valence-corrected chi connectivity index (χ3v) is 2.72. The van der Waals surface area contributed by atoms with Crippen LogP contribution in [0.5, 0.6) is 5.75 Å². The van der Waals surface area contributed by atoms with Gasteiger partial charge in [0, 0.05) is 5.56 Å². The molecule has 0 amide bonds. The molecule has 3 nitrogen and oxygen atoms in total. The van der Waals surface area contributed by atoms with E-state index in [2.05, 4.69) is 9.72 Å². The normalized spacial score (nSPS) is 12.3. The summed E-state index contributed by atoms with van der Waals surface area (Å²) in [6, 6.07) is 6.22. The van der Waals surface area contributed by atoms with Crippen molar-refractivity contribution in [2.24, 2.45) is 0 Å². The van der Waals surface area contributed by atoms with Crippen molar-refractivity contribution in [3.63, 3.8) is 0 Å². The van der Waals surface area contributed by atoms with Gasteiger partial charge in [-0.1, -0.05) is 12.1 Å². The molecule has 0 saturated heterocycles. The van der Waals surface area contributed by atoms with Gasteiger partial charge in [0.25, 0.3) is 0 Å². The Morgan fingerprint density at radius 1 is 1.00 bits per heavy atom. The molecule has 9 heteroatoms. The number of ether oxygens (including phenoxy) is 1. The van der Waals surface area contributed by atoms with Gasteiger partial charge in [0.1, 0.15) is 11.4 Å². The van der Waals surface area contributed by atoms with Crippen molar-refractivity contribution in [1.82, 2.24) is 4.98 Å². The molecular formula is C14H9F6NO2. The second-order valence-electron chi connectivity index (χ2n) is 4.48. The quantitative estimate of drug-likeness (QED) is 0.856. The Balaban J connectivity index is 2.47. The van der Waals surface area contributed by atoms with E-state index in [1.165, 1.54) is 12.1 Å². The SMILES string of the molecule is OCc1cc(-c2cccc(OC(F)(F)F)c2)nc(C(F)(F)F)c1. The van der Waals surface area contributed by atoms with Crippen molar-refractivity contribution < 1.29 is 36.2 Å². The summed E-state index contributed by atoms with van der Waals surface area (Å²) in [5, 5.41) is 9.04. The molecule has 2 rings (SSSR count). The smallest absolute Gasteiger partial charge is 0.406 e. The summed E-state index contributed by atoms with van der Waals surface area (Å²) >= 11 is 0. The first-order chi connectivity index (χ1) is 10.6. The molecule has 0 fully saturated rings. The number of halogens is 6. The van der Waals surface area contributed by atoms with Gasteiger partial charge in [-0.2, -0.15) is 13.2 Å². The lowest BCUT2D eigenvalue weighted by molar-refractivity contribution is -0.274. The Morgan fingerprint density at radius 2 is 1.70 bits per heavy atom. The lowest BCUT2D eigenvalue weighted by atomic mass is 10.1. The maximum absolute atomic E-state index is 12.8. The zero-order valence-electron chi connectivity index (χ0n) is 11.2. The van der Waals surface area contributed by atoms with Crippen molar-refractivity contribution in [3.05, 3.63) is 47.7 Å². The maximum atomic E-state index is 12.8. The van der Waals surface area contributed by atoms with E-state index >= 15 is 0 Å². The number of aliphatic hydroxyl groups excluding tert-OH is 1. The zero-order chi connectivity index (χ0) is 17.3. The van der Waals surface area contributed by atoms with E-state index < -0.39 is 30.6 Å². The second-order valence-corrected chi connectivity index (χ2v) is 4.48. The molecular weight excluding hydrogens is 328 g/mol. The molecule has 23 heavy (non-hydrogen) atoms. The Morgan fingerprint density at radius 3 is 2.26 bits per heavy atom. The van der Waals surface area contributed by atoms with E-state index in [0.717, 1.165) is 18.2 Å². The second kappa shape index (κ2) is 6.07. The van der Waals surface area contributed by atoms with E-state index in [1.54, 1.807) is 0 Å². The average Bonchev–Trinajstić information content (AvgIpc) is 2.44. The number of alkyl halides is 6. The molecule has 0 aliphatic rings. The highest BCUT2D eigenvalue weighted by Crippen LogP contribution is 2.32. The van der Waals surface area contributed by atoms with Crippen LogP contribution >= 0.6 is 0 Å². The summed E-state index contributed by atoms with van der Waals surface area (Å²) in [5.74, 6) is -0.584. The number of hydrogen-bond acceptors (Lipinski definition) is 3. The number of aliphatic hydroxyl groups is 1. The van der Waals surface area contributed by atoms with Crippen LogP contribution in [0.1, 0.15) is 11.3 Å². The zero-order valence-corrected chi connectivity index (χ0v) is 11.2. The first-order valence-corrected chi connectivity index (χ1v) is 6.14. The molecule has 2 aromatic rings. The lowest BCUT2D eigenvalue weighted by Crippen LogP contribution is -2.17. The molecule has 0 radical (unpaired) electrons. The van der Waals surface area contributed by atoms with E-state index in [-0.39, 0.29) is 16.8 Å². The van der Waals surface area contributed by atoms with Crippen molar-refractivity contribution in [3.8, 4) is 17.0 Å². The van der Waals surface area contributed by atoms with E-state index in [4.69, 9.17) is 5.11 Å². The standard InChI is InChI=1S/C14H9F6NO2/c15-13(16,17)12-5-8(7-22)4-11(21-12)9-2-1-3-10(6-9)23-14(18,19)20/h1-6,22H,7H2. The number of rotatable bonds is 3. The molecule has 0 unspecified atom stereocenters. The number of hydrogen-bond donors (Lipinski definition) is 1. The summed E-state index contributed by atoms with van der Waals surface area (Å²) in [6.45, 7) is -0.669. The summed E-state index contributed by atoms with van der Waals surface area (Å²) in [4.78, 5) is 3.39. The van der Waals surface area contributed by atoms with Crippen LogP contribution in [0.25, 0.3) is 11.3 Å². The molecule has 1 aromatic carbocycles. The third kappa shape index (κ3) is 4.59. The predicted octanol–water partition coefficient (Wildman–Crippen LogP) is 4.16. The van der Waals surface area contributed by atoms with Gasteiger partial charge in [0.15, 0.2) is 0 Å². The van der Waals surface area contributed by atoms with Crippen molar-refractivity contribution in [2.45, 2.75) is 19.1 Å². The summed E-state index contributed by atoms with van der Waals surface area (Å²) < 4.78 is 78.7. The fourth-order valence-corrected chi connectivity index (χ4v) is 1.82. The fourth-order valence-electron chi connectivity index (χ4n) is 1.82. The summed E-state index contributed by atoms with van der Waals surface area (Å²) in [6.07, 6.45) is -9.67. The topological polar surface area (TPSA) is 42.4 Å². The van der Waals surface area contributed by atoms with Crippen molar-refractivity contribution in [2.75, 3.05) is 0 Å². The van der Waals surface area contributed by atoms with Gasteiger partial charge < -0.3 is 9.84 Å². The highest BCUT2D eigenvalue weighted by atomic mass is 19.4. The Bertz CT molecular complexity index is 696. The molecule has 1 N–H and O–H groups in total. The monoisotopic (exact) mass is 337 g/mol. The molecule has 0 aliphatic heterocycles. The number of pyridine rings is 1. The minimum atomic E-state index is -4.92. The van der Waals surface area contributed by atoms with Crippen molar-refractivity contribution in [1.29, 1.82) is 0 Å². The molecule has 0 atom stereocenters. The molecule has 0 spiro atoms. The Kier molecular flexibility index (Phi) is 4.51. The molecule has 124 valence electrons. The van der Waals surface area contributed by atoms with Crippen LogP contribution in [0.4, 0.5) is 26.3 Å². The van der Waals surface area contributed by atoms with Crippen LogP contribution < -0.4 is 4.74 Å². The predicted molar refractivity (Wildman–Crippen MR) is 67.3 cm³/mol.